The Balaban J connectivity index is 3.06. The molecule has 1 N–H and O–H groups in total. The number of phenols is 1. The summed E-state index contributed by atoms with van der Waals surface area (Å²) >= 11 is 0. The molecule has 0 aliphatic rings. The van der Waals surface area contributed by atoms with E-state index < -0.39 is 0 Å². The summed E-state index contributed by atoms with van der Waals surface area (Å²) in [4.78, 5) is 0. The van der Waals surface area contributed by atoms with Gasteiger partial charge in [0.25, 0.3) is 0 Å². The largest absolute Gasteiger partial charge is 0.508 e. The van der Waals surface area contributed by atoms with Gasteiger partial charge in [0.1, 0.15) is 11.6 Å². The van der Waals surface area contributed by atoms with E-state index in [1.165, 1.54) is 0 Å². The zero-order valence-corrected chi connectivity index (χ0v) is 11.6. The van der Waals surface area contributed by atoms with E-state index in [4.69, 9.17) is 6.42 Å². The summed E-state index contributed by atoms with van der Waals surface area (Å²) in [5.41, 5.74) is 1.39. The topological polar surface area (TPSA) is 20.2 Å². The highest BCUT2D eigenvalue weighted by Crippen LogP contribution is 2.36. The number of phenolic OH excluding ortho intramolecular Hbond substituents is 1. The summed E-state index contributed by atoms with van der Waals surface area (Å²) in [7, 11) is 0. The first-order valence-corrected chi connectivity index (χ1v) is 6.18. The van der Waals surface area contributed by atoms with E-state index in [0.29, 0.717) is 5.56 Å². The summed E-state index contributed by atoms with van der Waals surface area (Å²) in [5, 5.41) is 11.3. The first-order chi connectivity index (χ1) is 8.75. The molecule has 0 heterocycles. The third-order valence-electron chi connectivity index (χ3n) is 3.29. The van der Waals surface area contributed by atoms with E-state index in [2.05, 4.69) is 5.92 Å². The van der Waals surface area contributed by atoms with Gasteiger partial charge >= 0.3 is 0 Å². The van der Waals surface area contributed by atoms with Crippen LogP contribution in [-0.4, -0.2) is 5.11 Å². The molecule has 0 atom stereocenters. The summed E-state index contributed by atoms with van der Waals surface area (Å²) in [6.07, 6.45) is 5.48. The SMILES string of the molecule is C#Cc1c(F)c(C)cc2cc(O)cc(C(C)(C)C)c12. The zero-order valence-electron chi connectivity index (χ0n) is 11.6. The van der Waals surface area contributed by atoms with Gasteiger partial charge in [0.15, 0.2) is 0 Å². The van der Waals surface area contributed by atoms with E-state index in [-0.39, 0.29) is 22.5 Å². The Bertz CT molecular complexity index is 700. The molecular formula is C17H17FO. The van der Waals surface area contributed by atoms with Crippen LogP contribution in [0.5, 0.6) is 5.75 Å². The normalized spacial score (nSPS) is 11.6. The zero-order chi connectivity index (χ0) is 14.4. The smallest absolute Gasteiger partial charge is 0.142 e. The number of hydrogen-bond donors (Lipinski definition) is 1. The molecule has 0 aliphatic carbocycles. The van der Waals surface area contributed by atoms with Crippen LogP contribution in [0.25, 0.3) is 10.8 Å². The standard InChI is InChI=1S/C17H17FO/c1-6-13-15-11(7-10(2)16(13)18)8-12(19)9-14(15)17(3,4)5/h1,7-9,19H,2-5H3. The minimum absolute atomic E-state index is 0.173. The van der Waals surface area contributed by atoms with E-state index in [1.807, 2.05) is 20.8 Å². The summed E-state index contributed by atoms with van der Waals surface area (Å²) in [6, 6.07) is 5.01. The lowest BCUT2D eigenvalue weighted by molar-refractivity contribution is 0.472. The molecule has 0 saturated heterocycles. The number of terminal acetylenes is 1. The lowest BCUT2D eigenvalue weighted by Gasteiger charge is -2.23. The molecule has 0 spiro atoms. The van der Waals surface area contributed by atoms with Crippen LogP contribution < -0.4 is 0 Å². The quantitative estimate of drug-likeness (QED) is 0.698. The van der Waals surface area contributed by atoms with Gasteiger partial charge in [-0.1, -0.05) is 26.7 Å². The van der Waals surface area contributed by atoms with Gasteiger partial charge < -0.3 is 5.11 Å². The molecular weight excluding hydrogens is 239 g/mol. The van der Waals surface area contributed by atoms with Crippen molar-refractivity contribution in [3.05, 3.63) is 40.7 Å². The number of halogens is 1. The van der Waals surface area contributed by atoms with Crippen molar-refractivity contribution in [1.82, 2.24) is 0 Å². The van der Waals surface area contributed by atoms with Crippen LogP contribution in [0.3, 0.4) is 0 Å². The van der Waals surface area contributed by atoms with Crippen LogP contribution in [0.1, 0.15) is 37.5 Å². The molecule has 0 aromatic heterocycles. The number of hydrogen-bond acceptors (Lipinski definition) is 1. The van der Waals surface area contributed by atoms with E-state index in [0.717, 1.165) is 16.3 Å². The average molecular weight is 256 g/mol. The molecule has 2 aromatic rings. The minimum Gasteiger partial charge on any atom is -0.508 e. The Kier molecular flexibility index (Phi) is 3.02. The highest BCUT2D eigenvalue weighted by atomic mass is 19.1. The fourth-order valence-electron chi connectivity index (χ4n) is 2.37. The molecule has 0 aliphatic heterocycles. The predicted molar refractivity (Wildman–Crippen MR) is 76.9 cm³/mol. The maximum Gasteiger partial charge on any atom is 0.142 e. The molecule has 0 radical (unpaired) electrons. The number of aromatic hydroxyl groups is 1. The first kappa shape index (κ1) is 13.4. The second-order valence-electron chi connectivity index (χ2n) is 5.87. The van der Waals surface area contributed by atoms with Crippen molar-refractivity contribution in [3.8, 4) is 18.1 Å². The fraction of sp³-hybridized carbons (Fsp3) is 0.294. The van der Waals surface area contributed by atoms with Gasteiger partial charge in [0.05, 0.1) is 5.56 Å². The van der Waals surface area contributed by atoms with Crippen LogP contribution in [0, 0.1) is 25.1 Å². The molecule has 2 heteroatoms. The third kappa shape index (κ3) is 2.17. The van der Waals surface area contributed by atoms with Crippen molar-refractivity contribution >= 4 is 10.8 Å². The number of aryl methyl sites for hydroxylation is 1. The lowest BCUT2D eigenvalue weighted by atomic mass is 9.81. The van der Waals surface area contributed by atoms with Gasteiger partial charge in [-0.25, -0.2) is 4.39 Å². The molecule has 0 unspecified atom stereocenters. The number of rotatable bonds is 0. The first-order valence-electron chi connectivity index (χ1n) is 6.18. The maximum atomic E-state index is 14.2. The van der Waals surface area contributed by atoms with Crippen molar-refractivity contribution in [1.29, 1.82) is 0 Å². The molecule has 0 bridgehead atoms. The van der Waals surface area contributed by atoms with Gasteiger partial charge in [-0.2, -0.15) is 0 Å². The van der Waals surface area contributed by atoms with Gasteiger partial charge in [-0.3, -0.25) is 0 Å². The van der Waals surface area contributed by atoms with Gasteiger partial charge in [-0.15, -0.1) is 6.42 Å². The van der Waals surface area contributed by atoms with Crippen molar-refractivity contribution in [2.24, 2.45) is 0 Å². The Morgan fingerprint density at radius 3 is 2.37 bits per heavy atom. The molecule has 2 aromatic carbocycles. The van der Waals surface area contributed by atoms with Crippen molar-refractivity contribution in [2.45, 2.75) is 33.1 Å². The van der Waals surface area contributed by atoms with Crippen molar-refractivity contribution in [2.75, 3.05) is 0 Å². The van der Waals surface area contributed by atoms with E-state index in [9.17, 15) is 9.50 Å². The van der Waals surface area contributed by atoms with E-state index in [1.54, 1.807) is 25.1 Å². The van der Waals surface area contributed by atoms with Crippen LogP contribution in [0.4, 0.5) is 4.39 Å². The highest BCUT2D eigenvalue weighted by Gasteiger charge is 2.22. The maximum absolute atomic E-state index is 14.2. The van der Waals surface area contributed by atoms with Crippen LogP contribution >= 0.6 is 0 Å². The predicted octanol–water partition coefficient (Wildman–Crippen LogP) is 4.27. The number of benzene rings is 2. The summed E-state index contributed by atoms with van der Waals surface area (Å²) in [5.74, 6) is 2.27. The van der Waals surface area contributed by atoms with Crippen molar-refractivity contribution in [3.63, 3.8) is 0 Å². The lowest BCUT2D eigenvalue weighted by Crippen LogP contribution is -2.12. The molecule has 98 valence electrons. The van der Waals surface area contributed by atoms with Gasteiger partial charge in [-0.05, 0) is 47.1 Å². The van der Waals surface area contributed by atoms with Crippen molar-refractivity contribution < 1.29 is 9.50 Å². The second-order valence-corrected chi connectivity index (χ2v) is 5.87. The third-order valence-corrected chi connectivity index (χ3v) is 3.29. The van der Waals surface area contributed by atoms with Crippen LogP contribution in [0.2, 0.25) is 0 Å². The number of fused-ring (bicyclic) bond motifs is 1. The van der Waals surface area contributed by atoms with E-state index >= 15 is 0 Å². The molecule has 0 amide bonds. The second kappa shape index (κ2) is 4.28. The van der Waals surface area contributed by atoms with Gasteiger partial charge in [0.2, 0.25) is 0 Å². The Morgan fingerprint density at radius 2 is 1.84 bits per heavy atom. The Labute approximate surface area is 113 Å². The monoisotopic (exact) mass is 256 g/mol. The average Bonchev–Trinajstić information content (AvgIpc) is 2.29. The summed E-state index contributed by atoms with van der Waals surface area (Å²) < 4.78 is 14.2. The molecule has 0 saturated carbocycles. The van der Waals surface area contributed by atoms with Gasteiger partial charge in [0, 0.05) is 5.39 Å². The molecule has 2 rings (SSSR count). The molecule has 19 heavy (non-hydrogen) atoms. The Morgan fingerprint density at radius 1 is 1.21 bits per heavy atom. The molecule has 1 nitrogen and oxygen atoms in total. The Hall–Kier alpha value is -2.01. The highest BCUT2D eigenvalue weighted by molar-refractivity contribution is 5.93. The molecule has 0 fully saturated rings. The van der Waals surface area contributed by atoms with Crippen LogP contribution in [0.15, 0.2) is 18.2 Å². The minimum atomic E-state index is -0.355. The fourth-order valence-corrected chi connectivity index (χ4v) is 2.37. The summed E-state index contributed by atoms with van der Waals surface area (Å²) in [6.45, 7) is 7.72. The van der Waals surface area contributed by atoms with Crippen LogP contribution in [-0.2, 0) is 5.41 Å².